The number of methoxy groups -OCH3 is 1. The second-order valence-electron chi connectivity index (χ2n) is 4.74. The van der Waals surface area contributed by atoms with Crippen LogP contribution in [-0.4, -0.2) is 19.1 Å². The van der Waals surface area contributed by atoms with Crippen LogP contribution in [0.3, 0.4) is 0 Å². The zero-order chi connectivity index (χ0) is 14.4. The number of esters is 1. The molecular formula is C15H22FNO2. The summed E-state index contributed by atoms with van der Waals surface area (Å²) in [5, 5.41) is 3.10. The molecule has 1 rings (SSSR count). The highest BCUT2D eigenvalue weighted by Crippen LogP contribution is 2.21. The summed E-state index contributed by atoms with van der Waals surface area (Å²) in [5.74, 6) is -0.456. The Labute approximate surface area is 114 Å². The number of aryl methyl sites for hydroxylation is 1. The molecule has 0 amide bonds. The standard InChI is InChI=1S/C15H22FNO2/c1-5-11(6-2)14(15(18)19-4)17-13-8-10(3)7-12(16)9-13/h7-9,11,14,17H,5-6H2,1-4H3. The predicted molar refractivity (Wildman–Crippen MR) is 74.6 cm³/mol. The van der Waals surface area contributed by atoms with Gasteiger partial charge in [-0.2, -0.15) is 0 Å². The molecule has 1 N–H and O–H groups in total. The fraction of sp³-hybridized carbons (Fsp3) is 0.533. The highest BCUT2D eigenvalue weighted by Gasteiger charge is 2.26. The molecule has 1 aromatic carbocycles. The van der Waals surface area contributed by atoms with Crippen molar-refractivity contribution >= 4 is 11.7 Å². The Hall–Kier alpha value is -1.58. The number of nitrogens with one attached hydrogen (secondary N) is 1. The highest BCUT2D eigenvalue weighted by molar-refractivity contribution is 5.79. The molecule has 0 saturated carbocycles. The van der Waals surface area contributed by atoms with E-state index in [1.165, 1.54) is 19.2 Å². The third-order valence-electron chi connectivity index (χ3n) is 3.34. The summed E-state index contributed by atoms with van der Waals surface area (Å²) in [5.41, 5.74) is 1.43. The van der Waals surface area contributed by atoms with Crippen LogP contribution in [0.5, 0.6) is 0 Å². The van der Waals surface area contributed by atoms with Gasteiger partial charge in [-0.15, -0.1) is 0 Å². The smallest absolute Gasteiger partial charge is 0.328 e. The first kappa shape index (κ1) is 15.5. The first-order valence-corrected chi connectivity index (χ1v) is 6.63. The van der Waals surface area contributed by atoms with Crippen LogP contribution in [0.25, 0.3) is 0 Å². The van der Waals surface area contributed by atoms with Gasteiger partial charge >= 0.3 is 5.97 Å². The van der Waals surface area contributed by atoms with Crippen molar-refractivity contribution in [2.75, 3.05) is 12.4 Å². The lowest BCUT2D eigenvalue weighted by atomic mass is 9.94. The van der Waals surface area contributed by atoms with Crippen LogP contribution in [0.4, 0.5) is 10.1 Å². The second-order valence-corrected chi connectivity index (χ2v) is 4.74. The van der Waals surface area contributed by atoms with Crippen molar-refractivity contribution in [3.05, 3.63) is 29.6 Å². The number of carbonyl (C=O) groups is 1. The number of carbonyl (C=O) groups excluding carboxylic acids is 1. The molecule has 0 aliphatic carbocycles. The van der Waals surface area contributed by atoms with E-state index in [9.17, 15) is 9.18 Å². The second kappa shape index (κ2) is 7.12. The molecule has 0 aliphatic heterocycles. The molecule has 1 unspecified atom stereocenters. The van der Waals surface area contributed by atoms with E-state index in [2.05, 4.69) is 5.32 Å². The molecular weight excluding hydrogens is 245 g/mol. The van der Waals surface area contributed by atoms with Crippen molar-refractivity contribution in [2.24, 2.45) is 5.92 Å². The molecule has 0 saturated heterocycles. The molecule has 0 bridgehead atoms. The fourth-order valence-corrected chi connectivity index (χ4v) is 2.26. The number of ether oxygens (including phenoxy) is 1. The SMILES string of the molecule is CCC(CC)C(Nc1cc(C)cc(F)c1)C(=O)OC. The predicted octanol–water partition coefficient (Wildman–Crippen LogP) is 3.52. The lowest BCUT2D eigenvalue weighted by Gasteiger charge is -2.25. The summed E-state index contributed by atoms with van der Waals surface area (Å²) in [6.45, 7) is 5.88. The normalized spacial score (nSPS) is 12.3. The van der Waals surface area contributed by atoms with Crippen LogP contribution in [0, 0.1) is 18.7 Å². The Morgan fingerprint density at radius 1 is 1.32 bits per heavy atom. The summed E-state index contributed by atoms with van der Waals surface area (Å²) >= 11 is 0. The number of rotatable bonds is 6. The maximum Gasteiger partial charge on any atom is 0.328 e. The quantitative estimate of drug-likeness (QED) is 0.801. The minimum Gasteiger partial charge on any atom is -0.467 e. The van der Waals surface area contributed by atoms with Gasteiger partial charge in [-0.05, 0) is 36.6 Å². The van der Waals surface area contributed by atoms with Crippen LogP contribution in [0.1, 0.15) is 32.3 Å². The fourth-order valence-electron chi connectivity index (χ4n) is 2.26. The van der Waals surface area contributed by atoms with Gasteiger partial charge in [0.15, 0.2) is 0 Å². The van der Waals surface area contributed by atoms with Gasteiger partial charge in [-0.25, -0.2) is 9.18 Å². The Morgan fingerprint density at radius 2 is 1.95 bits per heavy atom. The van der Waals surface area contributed by atoms with Gasteiger partial charge in [0.1, 0.15) is 11.9 Å². The molecule has 4 heteroatoms. The number of halogens is 1. The van der Waals surface area contributed by atoms with Crippen molar-refractivity contribution in [2.45, 2.75) is 39.7 Å². The van der Waals surface area contributed by atoms with E-state index in [-0.39, 0.29) is 17.7 Å². The molecule has 0 fully saturated rings. The van der Waals surface area contributed by atoms with E-state index in [1.54, 1.807) is 0 Å². The van der Waals surface area contributed by atoms with Crippen molar-refractivity contribution < 1.29 is 13.9 Å². The van der Waals surface area contributed by atoms with Crippen molar-refractivity contribution in [1.82, 2.24) is 0 Å². The van der Waals surface area contributed by atoms with E-state index in [1.807, 2.05) is 26.8 Å². The number of hydrogen-bond donors (Lipinski definition) is 1. The third-order valence-corrected chi connectivity index (χ3v) is 3.34. The highest BCUT2D eigenvalue weighted by atomic mass is 19.1. The topological polar surface area (TPSA) is 38.3 Å². The van der Waals surface area contributed by atoms with Crippen LogP contribution in [-0.2, 0) is 9.53 Å². The maximum absolute atomic E-state index is 13.4. The largest absolute Gasteiger partial charge is 0.467 e. The number of hydrogen-bond acceptors (Lipinski definition) is 3. The van der Waals surface area contributed by atoms with Crippen LogP contribution in [0.2, 0.25) is 0 Å². The summed E-state index contributed by atoms with van der Waals surface area (Å²) in [6, 6.07) is 4.23. The zero-order valence-corrected chi connectivity index (χ0v) is 12.0. The zero-order valence-electron chi connectivity index (χ0n) is 12.0. The Bertz CT molecular complexity index is 410. The first-order valence-electron chi connectivity index (χ1n) is 6.63. The van der Waals surface area contributed by atoms with Gasteiger partial charge in [-0.1, -0.05) is 26.7 Å². The van der Waals surface area contributed by atoms with E-state index >= 15 is 0 Å². The van der Waals surface area contributed by atoms with E-state index < -0.39 is 6.04 Å². The monoisotopic (exact) mass is 267 g/mol. The molecule has 19 heavy (non-hydrogen) atoms. The summed E-state index contributed by atoms with van der Waals surface area (Å²) < 4.78 is 18.2. The molecule has 106 valence electrons. The number of benzene rings is 1. The Balaban J connectivity index is 2.96. The molecule has 0 radical (unpaired) electrons. The lowest BCUT2D eigenvalue weighted by molar-refractivity contribution is -0.142. The molecule has 0 aromatic heterocycles. The van der Waals surface area contributed by atoms with Gasteiger partial charge in [0.2, 0.25) is 0 Å². The third kappa shape index (κ3) is 4.23. The van der Waals surface area contributed by atoms with Crippen molar-refractivity contribution in [1.29, 1.82) is 0 Å². The minimum absolute atomic E-state index is 0.163. The van der Waals surface area contributed by atoms with E-state index in [0.717, 1.165) is 18.4 Å². The molecule has 0 aliphatic rings. The lowest BCUT2D eigenvalue weighted by Crippen LogP contribution is -2.37. The summed E-state index contributed by atoms with van der Waals surface area (Å²) in [4.78, 5) is 11.9. The average molecular weight is 267 g/mol. The average Bonchev–Trinajstić information content (AvgIpc) is 2.37. The minimum atomic E-state index is -0.443. The summed E-state index contributed by atoms with van der Waals surface area (Å²) in [7, 11) is 1.37. The van der Waals surface area contributed by atoms with Crippen LogP contribution < -0.4 is 5.32 Å². The Morgan fingerprint density at radius 3 is 2.42 bits per heavy atom. The molecule has 1 atom stereocenters. The van der Waals surface area contributed by atoms with Crippen molar-refractivity contribution in [3.8, 4) is 0 Å². The van der Waals surface area contributed by atoms with Crippen molar-refractivity contribution in [3.63, 3.8) is 0 Å². The number of anilines is 1. The molecule has 0 spiro atoms. The Kier molecular flexibility index (Phi) is 5.80. The van der Waals surface area contributed by atoms with Gasteiger partial charge in [0.25, 0.3) is 0 Å². The molecule has 3 nitrogen and oxygen atoms in total. The molecule has 1 aromatic rings. The summed E-state index contributed by atoms with van der Waals surface area (Å²) in [6.07, 6.45) is 1.72. The van der Waals surface area contributed by atoms with Gasteiger partial charge < -0.3 is 10.1 Å². The van der Waals surface area contributed by atoms with E-state index in [4.69, 9.17) is 4.74 Å². The van der Waals surface area contributed by atoms with E-state index in [0.29, 0.717) is 5.69 Å². The maximum atomic E-state index is 13.4. The van der Waals surface area contributed by atoms with Gasteiger partial charge in [-0.3, -0.25) is 0 Å². The molecule has 0 heterocycles. The van der Waals surface area contributed by atoms with Crippen LogP contribution in [0.15, 0.2) is 18.2 Å². The van der Waals surface area contributed by atoms with Crippen LogP contribution >= 0.6 is 0 Å². The van der Waals surface area contributed by atoms with Gasteiger partial charge in [0, 0.05) is 5.69 Å². The first-order chi connectivity index (χ1) is 9.01. The van der Waals surface area contributed by atoms with Gasteiger partial charge in [0.05, 0.1) is 7.11 Å².